The summed E-state index contributed by atoms with van der Waals surface area (Å²) in [7, 11) is -3.67. The van der Waals surface area contributed by atoms with Crippen molar-refractivity contribution < 1.29 is 22.0 Å². The molecule has 3 rings (SSSR count). The molecule has 0 aliphatic carbocycles. The molecule has 1 fully saturated rings. The lowest BCUT2D eigenvalue weighted by Gasteiger charge is -2.30. The van der Waals surface area contributed by atoms with E-state index in [1.807, 2.05) is 0 Å². The van der Waals surface area contributed by atoms with Crippen molar-refractivity contribution in [3.8, 4) is 0 Å². The molecule has 8 heteroatoms. The van der Waals surface area contributed by atoms with E-state index in [-0.39, 0.29) is 35.6 Å². The van der Waals surface area contributed by atoms with E-state index in [1.54, 1.807) is 12.1 Å². The zero-order valence-corrected chi connectivity index (χ0v) is 16.8. The standard InChI is InChI=1S/C21H24F2N2O3S/c22-18-5-3-16(4-6-18)2-1-13-24-21(26)17-11-14-25(15-12-17)29(27,28)20-9-7-19(23)8-10-20/h3-10,17H,1-2,11-15H2,(H,24,26). The largest absolute Gasteiger partial charge is 0.356 e. The van der Waals surface area contributed by atoms with Crippen LogP contribution in [0.3, 0.4) is 0 Å². The smallest absolute Gasteiger partial charge is 0.243 e. The van der Waals surface area contributed by atoms with Gasteiger partial charge in [-0.25, -0.2) is 17.2 Å². The van der Waals surface area contributed by atoms with Gasteiger partial charge in [-0.3, -0.25) is 4.79 Å². The lowest BCUT2D eigenvalue weighted by Crippen LogP contribution is -2.43. The summed E-state index contributed by atoms with van der Waals surface area (Å²) in [6, 6.07) is 11.1. The number of benzene rings is 2. The molecule has 1 heterocycles. The van der Waals surface area contributed by atoms with Crippen LogP contribution in [0.1, 0.15) is 24.8 Å². The van der Waals surface area contributed by atoms with Crippen molar-refractivity contribution in [2.24, 2.45) is 5.92 Å². The van der Waals surface area contributed by atoms with Gasteiger partial charge in [0.15, 0.2) is 0 Å². The first kappa shape index (κ1) is 21.4. The third-order valence-corrected chi connectivity index (χ3v) is 7.04. The van der Waals surface area contributed by atoms with Crippen molar-refractivity contribution in [1.82, 2.24) is 9.62 Å². The van der Waals surface area contributed by atoms with Gasteiger partial charge in [-0.2, -0.15) is 4.31 Å². The zero-order valence-electron chi connectivity index (χ0n) is 16.0. The average molecular weight is 422 g/mol. The van der Waals surface area contributed by atoms with Crippen LogP contribution in [-0.2, 0) is 21.2 Å². The monoisotopic (exact) mass is 422 g/mol. The predicted octanol–water partition coefficient (Wildman–Crippen LogP) is 3.11. The minimum Gasteiger partial charge on any atom is -0.356 e. The first-order valence-corrected chi connectivity index (χ1v) is 11.1. The Morgan fingerprint density at radius 2 is 1.52 bits per heavy atom. The van der Waals surface area contributed by atoms with Gasteiger partial charge in [-0.1, -0.05) is 12.1 Å². The molecule has 2 aromatic rings. The summed E-state index contributed by atoms with van der Waals surface area (Å²) >= 11 is 0. The Morgan fingerprint density at radius 1 is 0.966 bits per heavy atom. The van der Waals surface area contributed by atoms with E-state index < -0.39 is 15.8 Å². The molecule has 1 N–H and O–H groups in total. The van der Waals surface area contributed by atoms with E-state index >= 15 is 0 Å². The second kappa shape index (κ2) is 9.45. The maximum atomic E-state index is 13.0. The summed E-state index contributed by atoms with van der Waals surface area (Å²) in [4.78, 5) is 12.4. The van der Waals surface area contributed by atoms with Gasteiger partial charge in [-0.05, 0) is 67.6 Å². The molecule has 156 valence electrons. The van der Waals surface area contributed by atoms with E-state index in [2.05, 4.69) is 5.32 Å². The summed E-state index contributed by atoms with van der Waals surface area (Å²) in [5.41, 5.74) is 1.01. The molecule has 5 nitrogen and oxygen atoms in total. The molecule has 0 bridgehead atoms. The van der Waals surface area contributed by atoms with E-state index in [4.69, 9.17) is 0 Å². The van der Waals surface area contributed by atoms with Crippen LogP contribution in [0, 0.1) is 17.6 Å². The van der Waals surface area contributed by atoms with Gasteiger partial charge >= 0.3 is 0 Å². The molecule has 0 aromatic heterocycles. The number of carbonyl (C=O) groups is 1. The number of carbonyl (C=O) groups excluding carboxylic acids is 1. The number of amides is 1. The van der Waals surface area contributed by atoms with E-state index in [0.29, 0.717) is 19.4 Å². The second-order valence-corrected chi connectivity index (χ2v) is 9.09. The molecule has 2 aromatic carbocycles. The van der Waals surface area contributed by atoms with Crippen molar-refractivity contribution in [2.75, 3.05) is 19.6 Å². The highest BCUT2D eigenvalue weighted by Gasteiger charge is 2.31. The molecular weight excluding hydrogens is 398 g/mol. The molecule has 0 atom stereocenters. The number of nitrogens with zero attached hydrogens (tertiary/aromatic N) is 1. The van der Waals surface area contributed by atoms with Gasteiger partial charge < -0.3 is 5.32 Å². The van der Waals surface area contributed by atoms with Crippen molar-refractivity contribution in [3.63, 3.8) is 0 Å². The number of hydrogen-bond acceptors (Lipinski definition) is 3. The van der Waals surface area contributed by atoms with Gasteiger partial charge in [-0.15, -0.1) is 0 Å². The summed E-state index contributed by atoms with van der Waals surface area (Å²) in [6.45, 7) is 1.03. The van der Waals surface area contributed by atoms with Crippen LogP contribution in [0.5, 0.6) is 0 Å². The van der Waals surface area contributed by atoms with Gasteiger partial charge in [0, 0.05) is 25.6 Å². The summed E-state index contributed by atoms with van der Waals surface area (Å²) < 4.78 is 52.5. The second-order valence-electron chi connectivity index (χ2n) is 7.15. The van der Waals surface area contributed by atoms with Gasteiger partial charge in [0.05, 0.1) is 4.90 Å². The van der Waals surface area contributed by atoms with Crippen LogP contribution in [0.2, 0.25) is 0 Å². The van der Waals surface area contributed by atoms with Crippen molar-refractivity contribution in [2.45, 2.75) is 30.6 Å². The molecule has 29 heavy (non-hydrogen) atoms. The fourth-order valence-electron chi connectivity index (χ4n) is 3.41. The first-order valence-electron chi connectivity index (χ1n) is 9.64. The van der Waals surface area contributed by atoms with Crippen molar-refractivity contribution in [3.05, 3.63) is 65.7 Å². The van der Waals surface area contributed by atoms with Gasteiger partial charge in [0.25, 0.3) is 0 Å². The Balaban J connectivity index is 1.43. The minimum atomic E-state index is -3.67. The van der Waals surface area contributed by atoms with E-state index in [1.165, 1.54) is 28.6 Å². The molecule has 0 spiro atoms. The number of rotatable bonds is 7. The average Bonchev–Trinajstić information content (AvgIpc) is 2.73. The number of halogens is 2. The molecule has 0 radical (unpaired) electrons. The molecular formula is C21H24F2N2O3S. The Morgan fingerprint density at radius 3 is 2.10 bits per heavy atom. The van der Waals surface area contributed by atoms with Crippen LogP contribution >= 0.6 is 0 Å². The minimum absolute atomic E-state index is 0.0580. The van der Waals surface area contributed by atoms with Crippen LogP contribution < -0.4 is 5.32 Å². The number of sulfonamides is 1. The summed E-state index contributed by atoms with van der Waals surface area (Å²) in [5, 5.41) is 2.90. The maximum absolute atomic E-state index is 13.0. The molecule has 0 unspecified atom stereocenters. The van der Waals surface area contributed by atoms with Crippen molar-refractivity contribution in [1.29, 1.82) is 0 Å². The SMILES string of the molecule is O=C(NCCCc1ccc(F)cc1)C1CCN(S(=O)(=O)c2ccc(F)cc2)CC1. The molecule has 0 saturated carbocycles. The van der Waals surface area contributed by atoms with Gasteiger partial charge in [0.2, 0.25) is 15.9 Å². The molecule has 1 aliphatic heterocycles. The Bertz CT molecular complexity index is 923. The predicted molar refractivity (Wildman–Crippen MR) is 106 cm³/mol. The quantitative estimate of drug-likeness (QED) is 0.698. The van der Waals surface area contributed by atoms with Crippen LogP contribution in [0.15, 0.2) is 53.4 Å². The van der Waals surface area contributed by atoms with Crippen LogP contribution in [-0.4, -0.2) is 38.3 Å². The van der Waals surface area contributed by atoms with Crippen LogP contribution in [0.25, 0.3) is 0 Å². The highest BCUT2D eigenvalue weighted by molar-refractivity contribution is 7.89. The molecule has 1 aliphatic rings. The zero-order chi connectivity index (χ0) is 20.9. The number of hydrogen-bond donors (Lipinski definition) is 1. The third-order valence-electron chi connectivity index (χ3n) is 5.13. The van der Waals surface area contributed by atoms with E-state index in [9.17, 15) is 22.0 Å². The summed E-state index contributed by atoms with van der Waals surface area (Å²) in [6.07, 6.45) is 2.39. The Kier molecular flexibility index (Phi) is 6.97. The van der Waals surface area contributed by atoms with Crippen molar-refractivity contribution >= 4 is 15.9 Å². The maximum Gasteiger partial charge on any atom is 0.243 e. The lowest BCUT2D eigenvalue weighted by molar-refractivity contribution is -0.126. The summed E-state index contributed by atoms with van der Waals surface area (Å²) in [5.74, 6) is -1.04. The number of aryl methyl sites for hydroxylation is 1. The Hall–Kier alpha value is -2.32. The van der Waals surface area contributed by atoms with Crippen LogP contribution in [0.4, 0.5) is 8.78 Å². The highest BCUT2D eigenvalue weighted by Crippen LogP contribution is 2.24. The van der Waals surface area contributed by atoms with E-state index in [0.717, 1.165) is 30.5 Å². The topological polar surface area (TPSA) is 66.5 Å². The fraction of sp³-hybridized carbons (Fsp3) is 0.381. The Labute approximate surface area is 169 Å². The fourth-order valence-corrected chi connectivity index (χ4v) is 4.88. The first-order chi connectivity index (χ1) is 13.9. The lowest BCUT2D eigenvalue weighted by atomic mass is 9.97. The highest BCUT2D eigenvalue weighted by atomic mass is 32.2. The number of nitrogens with one attached hydrogen (secondary N) is 1. The normalized spacial score (nSPS) is 15.9. The van der Waals surface area contributed by atoms with Gasteiger partial charge in [0.1, 0.15) is 11.6 Å². The third kappa shape index (κ3) is 5.61. The molecule has 1 amide bonds. The number of piperidine rings is 1. The molecule has 1 saturated heterocycles.